The maximum Gasteiger partial charge on any atom is 0.336 e. The van der Waals surface area contributed by atoms with Crippen LogP contribution in [0, 0.1) is 5.41 Å². The molecule has 0 fully saturated rings. The second-order valence-corrected chi connectivity index (χ2v) is 28.9. The zero-order valence-electron chi connectivity index (χ0n) is 62.4. The Morgan fingerprint density at radius 3 is 1.34 bits per heavy atom. The van der Waals surface area contributed by atoms with E-state index < -0.39 is 157 Å². The van der Waals surface area contributed by atoms with Crippen molar-refractivity contribution in [2.45, 2.75) is 161 Å². The van der Waals surface area contributed by atoms with Crippen LogP contribution in [0.4, 0.5) is 0 Å². The zero-order chi connectivity index (χ0) is 82.1. The number of carboxylic acid groups (broad SMARTS) is 8. The summed E-state index contributed by atoms with van der Waals surface area (Å²) < 4.78 is 35.4. The fraction of sp³-hybridized carbons (Fsp3) is 0.554. The molecule has 35 nitrogen and oxygen atoms in total. The van der Waals surface area contributed by atoms with Crippen molar-refractivity contribution in [3.8, 4) is 28.2 Å². The second kappa shape index (κ2) is 45.1. The van der Waals surface area contributed by atoms with Gasteiger partial charge in [-0.15, -0.1) is 0 Å². The maximum absolute atomic E-state index is 13.4. The number of aromatic hydroxyl groups is 1. The number of amides is 3. The molecule has 1 heterocycles. The normalized spacial score (nSPS) is 13.1. The Kier molecular flexibility index (Phi) is 37.9. The molecular formula is C74H100N6O29S. The molecule has 0 aromatic heterocycles. The van der Waals surface area contributed by atoms with E-state index in [0.29, 0.717) is 22.1 Å². The summed E-state index contributed by atoms with van der Waals surface area (Å²) in [5, 5.41) is 96.9. The number of aromatic carboxylic acids is 1. The molecular weight excluding hydrogens is 1470 g/mol. The number of benzene rings is 3. The van der Waals surface area contributed by atoms with Crippen LogP contribution in [-0.2, 0) is 87.6 Å². The summed E-state index contributed by atoms with van der Waals surface area (Å²) >= 11 is 6.10. The average molecular weight is 1570 g/mol. The standard InChI is InChI=1S/C74H100N6O29S/c1-72(2,3)108-66(96)41-80(40-65(94)95)54(70(101)102)14-8-11-26-76-59(84)23-29-105-43-74(42-104-28-22-58(83)75-25-10-7-13-53(69(99)100)78(36-61(86)87)37-62(88)89,44-106-30-24-60(85)77-27-12-9-15-55(71(103)109-73(4,5)6)79(38-63(90)91)39-64(92)93)35-48(110)31-45-16-19-49(52(32-45)68(97)98)67-50-20-17-46(81)33-56(50)107-57-34-47(82)18-21-51(57)67/h16-21,32-34,53-55,81H,7-15,22-31,35-44H2,1-6H3,(H,75,83)(H,76,84)(H,77,85)(H,86,87)(H,88,89)(H,90,91)(H,92,93)(H,94,95)(H,97,98)(H,99,100)(H,101,102). The van der Waals surface area contributed by atoms with E-state index in [1.807, 2.05) is 0 Å². The monoisotopic (exact) mass is 1570 g/mol. The quantitative estimate of drug-likeness (QED) is 0.0124. The number of hydrogen-bond donors (Lipinski definition) is 12. The van der Waals surface area contributed by atoms with E-state index in [9.17, 15) is 113 Å². The van der Waals surface area contributed by atoms with Gasteiger partial charge in [0.25, 0.3) is 0 Å². The average Bonchev–Trinajstić information content (AvgIpc) is 0.747. The molecule has 2 aliphatic rings. The van der Waals surface area contributed by atoms with Crippen LogP contribution < -0.4 is 21.4 Å². The largest absolute Gasteiger partial charge is 0.508 e. The number of carboxylic acids is 8. The summed E-state index contributed by atoms with van der Waals surface area (Å²) in [6.45, 7) is 3.54. The predicted molar refractivity (Wildman–Crippen MR) is 395 cm³/mol. The van der Waals surface area contributed by atoms with Crippen molar-refractivity contribution >= 4 is 105 Å². The Morgan fingerprint density at radius 1 is 0.500 bits per heavy atom. The lowest BCUT2D eigenvalue weighted by Crippen LogP contribution is -2.48. The molecule has 2 aromatic carbocycles. The second-order valence-electron chi connectivity index (χ2n) is 28.4. The van der Waals surface area contributed by atoms with Gasteiger partial charge < -0.3 is 90.0 Å². The van der Waals surface area contributed by atoms with Gasteiger partial charge in [-0.25, -0.2) is 4.79 Å². The fourth-order valence-corrected chi connectivity index (χ4v) is 12.4. The van der Waals surface area contributed by atoms with Gasteiger partial charge in [-0.3, -0.25) is 77.0 Å². The molecule has 4 atom stereocenters. The number of rotatable bonds is 54. The van der Waals surface area contributed by atoms with Crippen LogP contribution in [0.15, 0.2) is 63.8 Å². The van der Waals surface area contributed by atoms with Gasteiger partial charge in [0, 0.05) is 79.4 Å². The number of unbranched alkanes of at least 4 members (excludes halogenated alkanes) is 3. The lowest BCUT2D eigenvalue weighted by atomic mass is 9.83. The molecule has 1 aliphatic heterocycles. The number of phenols is 1. The number of hydrogen-bond acceptors (Lipinski definition) is 25. The summed E-state index contributed by atoms with van der Waals surface area (Å²) in [5.41, 5.74) is -2.26. The molecule has 0 radical (unpaired) electrons. The van der Waals surface area contributed by atoms with Gasteiger partial charge in [0.05, 0.1) is 84.5 Å². The maximum atomic E-state index is 13.4. The van der Waals surface area contributed by atoms with Crippen LogP contribution in [0.3, 0.4) is 0 Å². The van der Waals surface area contributed by atoms with Crippen LogP contribution in [0.2, 0.25) is 0 Å². The van der Waals surface area contributed by atoms with Gasteiger partial charge in [-0.05, 0) is 152 Å². The summed E-state index contributed by atoms with van der Waals surface area (Å²) in [5.74, 6) is -14.4. The number of phenolic OH excluding ortho intramolecular Hbond substituents is 1. The van der Waals surface area contributed by atoms with Crippen molar-refractivity contribution in [2.75, 3.05) is 98.5 Å². The fourth-order valence-electron chi connectivity index (χ4n) is 11.9. The van der Waals surface area contributed by atoms with Crippen LogP contribution in [0.25, 0.3) is 33.4 Å². The van der Waals surface area contributed by atoms with Crippen LogP contribution >= 0.6 is 12.2 Å². The highest BCUT2D eigenvalue weighted by Crippen LogP contribution is 2.42. The highest BCUT2D eigenvalue weighted by molar-refractivity contribution is 7.80. The van der Waals surface area contributed by atoms with Crippen LogP contribution in [0.1, 0.15) is 141 Å². The van der Waals surface area contributed by atoms with Crippen molar-refractivity contribution in [2.24, 2.45) is 5.41 Å². The molecule has 2 aromatic rings. The summed E-state index contributed by atoms with van der Waals surface area (Å²) in [6.07, 6.45) is 0.0871. The van der Waals surface area contributed by atoms with Crippen LogP contribution in [0.5, 0.6) is 5.75 Å². The third-order valence-electron chi connectivity index (χ3n) is 16.6. The van der Waals surface area contributed by atoms with Gasteiger partial charge in [0.1, 0.15) is 46.4 Å². The molecule has 110 heavy (non-hydrogen) atoms. The highest BCUT2D eigenvalue weighted by Gasteiger charge is 2.37. The number of nitrogens with one attached hydrogen (secondary N) is 3. The minimum absolute atomic E-state index is 0.0241. The van der Waals surface area contributed by atoms with Crippen molar-refractivity contribution in [1.82, 2.24) is 30.7 Å². The number of ether oxygens (including phenoxy) is 5. The number of nitrogens with zero attached hydrogens (tertiary/aromatic N) is 3. The first kappa shape index (κ1) is 92.3. The van der Waals surface area contributed by atoms with E-state index in [4.69, 9.17) is 40.3 Å². The summed E-state index contributed by atoms with van der Waals surface area (Å²) in [7, 11) is 0. The van der Waals surface area contributed by atoms with Crippen LogP contribution in [-0.4, -0.2) is 271 Å². The molecule has 606 valence electrons. The molecule has 0 bridgehead atoms. The lowest BCUT2D eigenvalue weighted by Gasteiger charge is -2.34. The minimum atomic E-state index is -1.45. The first-order valence-electron chi connectivity index (χ1n) is 35.5. The smallest absolute Gasteiger partial charge is 0.336 e. The number of esters is 2. The van der Waals surface area contributed by atoms with E-state index in [0.717, 1.165) is 14.7 Å². The Bertz CT molecular complexity index is 3870. The van der Waals surface area contributed by atoms with Gasteiger partial charge in [-0.2, -0.15) is 0 Å². The molecule has 0 spiro atoms. The van der Waals surface area contributed by atoms with Crippen molar-refractivity contribution in [3.63, 3.8) is 0 Å². The zero-order valence-corrected chi connectivity index (χ0v) is 63.2. The van der Waals surface area contributed by atoms with Crippen molar-refractivity contribution < 1.29 is 136 Å². The number of aliphatic carboxylic acids is 7. The van der Waals surface area contributed by atoms with Gasteiger partial charge in [0.15, 0.2) is 5.43 Å². The third-order valence-corrected chi connectivity index (χ3v) is 16.9. The summed E-state index contributed by atoms with van der Waals surface area (Å²) in [6, 6.07) is 8.83. The first-order chi connectivity index (χ1) is 51.6. The van der Waals surface area contributed by atoms with E-state index in [1.165, 1.54) is 36.4 Å². The number of carbonyl (C=O) groups is 13. The molecule has 1 aliphatic carbocycles. The van der Waals surface area contributed by atoms with Gasteiger partial charge >= 0.3 is 59.7 Å². The minimum Gasteiger partial charge on any atom is -0.508 e. The Labute approximate surface area is 638 Å². The predicted octanol–water partition coefficient (Wildman–Crippen LogP) is 4.62. The molecule has 4 rings (SSSR count). The first-order valence-corrected chi connectivity index (χ1v) is 35.9. The third kappa shape index (κ3) is 34.2. The molecule has 3 amide bonds. The SMILES string of the molecule is CC(C)(C)OC(=O)CN(CC(=O)O)C(CCCCNC(=O)CCOCC(COCCC(=O)NCCCCC(C(=O)O)N(CC(=O)O)CC(=O)O)(COCCC(=O)NCCCCC(C(=O)OC(C)(C)C)N(CC(=O)O)CC(=O)O)CC(=S)Cc1ccc(-c2c3ccc(=O)cc-3oc3cc(O)ccc23)c(C(=O)O)c1)C(=O)O. The Morgan fingerprint density at radius 2 is 0.918 bits per heavy atom. The summed E-state index contributed by atoms with van der Waals surface area (Å²) in [4.78, 5) is 177. The molecule has 0 saturated carbocycles. The molecule has 12 N–H and O–H groups in total. The topological polar surface area (TPSA) is 526 Å². The van der Waals surface area contributed by atoms with Crippen molar-refractivity contribution in [3.05, 3.63) is 75.9 Å². The van der Waals surface area contributed by atoms with E-state index >= 15 is 0 Å². The Hall–Kier alpha value is -10.1. The molecule has 0 saturated heterocycles. The van der Waals surface area contributed by atoms with E-state index in [2.05, 4.69) is 16.0 Å². The number of thiocarbonyl (C=S) groups is 1. The van der Waals surface area contributed by atoms with Gasteiger partial charge in [0.2, 0.25) is 17.7 Å². The number of carbonyl (C=O) groups excluding carboxylic acids is 5. The highest BCUT2D eigenvalue weighted by atomic mass is 32.1. The lowest BCUT2D eigenvalue weighted by molar-refractivity contribution is -0.164. The number of fused-ring (bicyclic) bond motifs is 2. The van der Waals surface area contributed by atoms with Gasteiger partial charge in [-0.1, -0.05) is 24.4 Å². The Balaban J connectivity index is 1.62. The molecule has 4 unspecified atom stereocenters. The molecule has 36 heteroatoms. The van der Waals surface area contributed by atoms with E-state index in [1.54, 1.807) is 59.7 Å². The van der Waals surface area contributed by atoms with Crippen molar-refractivity contribution in [1.29, 1.82) is 0 Å². The van der Waals surface area contributed by atoms with E-state index in [-0.39, 0.29) is 182 Å².